The van der Waals surface area contributed by atoms with Crippen molar-refractivity contribution in [3.8, 4) is 5.88 Å². The standard InChI is InChI=1S/C22H26FN7OSi/c1-21(2)20(24)30-22(3,12-32(21)25-4)14-10-13(6-7-15(14)23)28-16-8-9-26-19-18(16)27-11-17(29-19)31-5/h6-11H,12H2,1-5H3,(H2,24,30)(H,26,28,29)/b32-25-/t22-/m0/s1. The van der Waals surface area contributed by atoms with Crippen molar-refractivity contribution in [2.24, 2.45) is 4.63 Å². The number of fused-ring (bicyclic) bond motifs is 1. The molecule has 32 heavy (non-hydrogen) atoms. The molecule has 1 saturated heterocycles. The molecule has 0 unspecified atom stereocenters. The summed E-state index contributed by atoms with van der Waals surface area (Å²) in [5.74, 6) is 0.458. The lowest BCUT2D eigenvalue weighted by atomic mass is 9.91. The second kappa shape index (κ2) is 8.01. The van der Waals surface area contributed by atoms with Gasteiger partial charge in [-0.1, -0.05) is 13.8 Å². The zero-order valence-corrected chi connectivity index (χ0v) is 19.7. The van der Waals surface area contributed by atoms with Crippen molar-refractivity contribution >= 4 is 37.0 Å². The van der Waals surface area contributed by atoms with Crippen LogP contribution in [0, 0.1) is 11.2 Å². The number of hydrogen-bond donors (Lipinski definition) is 3. The largest absolute Gasteiger partial charge is 0.480 e. The van der Waals surface area contributed by atoms with Gasteiger partial charge in [-0.05, 0) is 31.2 Å². The summed E-state index contributed by atoms with van der Waals surface area (Å²) in [6, 6.07) is 7.38. The van der Waals surface area contributed by atoms with E-state index in [1.807, 2.05) is 20.8 Å². The lowest BCUT2D eigenvalue weighted by Crippen LogP contribution is -2.56. The van der Waals surface area contributed by atoms with Crippen molar-refractivity contribution in [3.05, 3.63) is 48.0 Å². The molecule has 0 bridgehead atoms. The molecule has 0 spiro atoms. The van der Waals surface area contributed by atoms with Crippen molar-refractivity contribution in [1.82, 2.24) is 20.3 Å². The van der Waals surface area contributed by atoms with E-state index in [0.29, 0.717) is 45.9 Å². The number of halogens is 1. The fourth-order valence-electron chi connectivity index (χ4n) is 3.98. The summed E-state index contributed by atoms with van der Waals surface area (Å²) >= 11 is 0. The molecule has 3 N–H and O–H groups in total. The molecule has 2 aromatic heterocycles. The fraction of sp³-hybridized carbons (Fsp3) is 0.364. The van der Waals surface area contributed by atoms with E-state index in [4.69, 9.17) is 10.1 Å². The number of anilines is 2. The molecule has 1 fully saturated rings. The van der Waals surface area contributed by atoms with Gasteiger partial charge in [0.05, 0.1) is 24.5 Å². The summed E-state index contributed by atoms with van der Waals surface area (Å²) in [5, 5.41) is 14.8. The number of aromatic nitrogens is 3. The van der Waals surface area contributed by atoms with Crippen molar-refractivity contribution in [1.29, 1.82) is 5.41 Å². The third kappa shape index (κ3) is 3.75. The Labute approximate surface area is 187 Å². The molecule has 1 aliphatic heterocycles. The normalized spacial score (nSPS) is 21.4. The summed E-state index contributed by atoms with van der Waals surface area (Å²) in [7, 11) is 2.05. The van der Waals surface area contributed by atoms with Gasteiger partial charge in [-0.3, -0.25) is 5.41 Å². The molecule has 1 atom stereocenters. The minimum Gasteiger partial charge on any atom is -0.480 e. The predicted octanol–water partition coefficient (Wildman–Crippen LogP) is 4.38. The van der Waals surface area contributed by atoms with E-state index in [0.717, 1.165) is 0 Å². The molecule has 3 aromatic rings. The Hall–Kier alpha value is -3.27. The fourth-order valence-corrected chi connectivity index (χ4v) is 6.44. The third-order valence-corrected chi connectivity index (χ3v) is 9.29. The first-order chi connectivity index (χ1) is 15.2. The maximum atomic E-state index is 15.0. The maximum Gasteiger partial charge on any atom is 0.234 e. The van der Waals surface area contributed by atoms with Crippen LogP contribution in [0.15, 0.2) is 41.3 Å². The molecule has 1 aliphatic rings. The smallest absolute Gasteiger partial charge is 0.234 e. The number of nitrogens with one attached hydrogen (secondary N) is 3. The number of rotatable bonds is 4. The highest BCUT2D eigenvalue weighted by Crippen LogP contribution is 2.42. The molecule has 166 valence electrons. The summed E-state index contributed by atoms with van der Waals surface area (Å²) in [5.41, 5.74) is 2.21. The molecule has 3 heterocycles. The van der Waals surface area contributed by atoms with Gasteiger partial charge in [0.2, 0.25) is 5.88 Å². The molecule has 1 aromatic carbocycles. The van der Waals surface area contributed by atoms with Crippen LogP contribution in [0.1, 0.15) is 26.3 Å². The molecular weight excluding hydrogens is 425 g/mol. The first-order valence-electron chi connectivity index (χ1n) is 10.2. The topological polar surface area (TPSA) is 108 Å². The zero-order chi connectivity index (χ0) is 23.1. The number of benzene rings is 1. The first kappa shape index (κ1) is 21.9. The second-order valence-electron chi connectivity index (χ2n) is 8.57. The van der Waals surface area contributed by atoms with Crippen molar-refractivity contribution in [2.75, 3.05) is 19.5 Å². The molecule has 10 heteroatoms. The van der Waals surface area contributed by atoms with Crippen molar-refractivity contribution in [3.63, 3.8) is 0 Å². The van der Waals surface area contributed by atoms with Crippen LogP contribution in [0.4, 0.5) is 15.8 Å². The van der Waals surface area contributed by atoms with Gasteiger partial charge in [0.15, 0.2) is 5.65 Å². The first-order valence-corrected chi connectivity index (χ1v) is 11.9. The lowest BCUT2D eigenvalue weighted by molar-refractivity contribution is 0.397. The minimum atomic E-state index is -1.28. The third-order valence-electron chi connectivity index (χ3n) is 6.01. The van der Waals surface area contributed by atoms with E-state index in [-0.39, 0.29) is 10.9 Å². The maximum absolute atomic E-state index is 15.0. The van der Waals surface area contributed by atoms with Crippen LogP contribution in [0.5, 0.6) is 5.88 Å². The number of pyridine rings is 1. The Balaban J connectivity index is 1.71. The van der Waals surface area contributed by atoms with Crippen LogP contribution < -0.4 is 15.4 Å². The summed E-state index contributed by atoms with van der Waals surface area (Å²) in [4.78, 5) is 13.0. The molecule has 8 nitrogen and oxygen atoms in total. The predicted molar refractivity (Wildman–Crippen MR) is 125 cm³/mol. The average molecular weight is 452 g/mol. The van der Waals surface area contributed by atoms with Crippen LogP contribution in [0.2, 0.25) is 11.1 Å². The van der Waals surface area contributed by atoms with Crippen molar-refractivity contribution < 1.29 is 9.13 Å². The number of ether oxygens (including phenoxy) is 1. The quantitative estimate of drug-likeness (QED) is 0.508. The molecular formula is C22H26FN7OSi. The highest BCUT2D eigenvalue weighted by atomic mass is 28.2. The number of amidine groups is 1. The van der Waals surface area contributed by atoms with Gasteiger partial charge in [-0.2, -0.15) is 4.98 Å². The number of hydrogen-bond acceptors (Lipinski definition) is 7. The van der Waals surface area contributed by atoms with E-state index in [1.54, 1.807) is 31.4 Å². The van der Waals surface area contributed by atoms with Gasteiger partial charge in [-0.15, -0.1) is 0 Å². The summed E-state index contributed by atoms with van der Waals surface area (Å²) < 4.78 is 24.7. The van der Waals surface area contributed by atoms with Gasteiger partial charge in [0, 0.05) is 35.6 Å². The molecule has 4 rings (SSSR count). The van der Waals surface area contributed by atoms with E-state index in [2.05, 4.69) is 30.2 Å². The Kier molecular flexibility index (Phi) is 5.49. The zero-order valence-electron chi connectivity index (χ0n) is 18.7. The van der Waals surface area contributed by atoms with E-state index < -0.39 is 14.1 Å². The molecule has 0 saturated carbocycles. The average Bonchev–Trinajstić information content (AvgIpc) is 2.77. The van der Waals surface area contributed by atoms with Crippen LogP contribution in [0.3, 0.4) is 0 Å². The van der Waals surface area contributed by atoms with Gasteiger partial charge < -0.3 is 20.0 Å². The van der Waals surface area contributed by atoms with Gasteiger partial charge in [-0.25, -0.2) is 14.4 Å². The Morgan fingerprint density at radius 1 is 1.25 bits per heavy atom. The van der Waals surface area contributed by atoms with Crippen LogP contribution in [-0.2, 0) is 5.54 Å². The van der Waals surface area contributed by atoms with E-state index in [9.17, 15) is 0 Å². The van der Waals surface area contributed by atoms with E-state index >= 15 is 4.39 Å². The number of nitrogens with zero attached hydrogens (tertiary/aromatic N) is 4. The monoisotopic (exact) mass is 451 g/mol. The van der Waals surface area contributed by atoms with Gasteiger partial charge >= 0.3 is 0 Å². The highest BCUT2D eigenvalue weighted by Gasteiger charge is 2.45. The number of methoxy groups -OCH3 is 1. The molecule has 0 radical (unpaired) electrons. The summed E-state index contributed by atoms with van der Waals surface area (Å²) in [6.45, 7) is 6.00. The van der Waals surface area contributed by atoms with E-state index in [1.165, 1.54) is 19.4 Å². The molecule has 0 aliphatic carbocycles. The summed E-state index contributed by atoms with van der Waals surface area (Å²) in [6.07, 6.45) is 3.16. The second-order valence-corrected chi connectivity index (χ2v) is 11.5. The van der Waals surface area contributed by atoms with Crippen LogP contribution in [0.25, 0.3) is 11.2 Å². The van der Waals surface area contributed by atoms with Gasteiger partial charge in [0.1, 0.15) is 25.8 Å². The molecule has 0 amide bonds. The minimum absolute atomic E-state index is 0.320. The Morgan fingerprint density at radius 3 is 2.75 bits per heavy atom. The highest BCUT2D eigenvalue weighted by molar-refractivity contribution is 6.57. The lowest BCUT2D eigenvalue weighted by Gasteiger charge is -2.44. The SMILES string of the molecule is C/N=[Si]1/C[C@@](C)(c2cc(Nc3ccnc4nc(OC)cnc34)ccc2F)NC(=N)C1(C)C. The Bertz CT molecular complexity index is 1250. The van der Waals surface area contributed by atoms with Gasteiger partial charge in [0.25, 0.3) is 0 Å². The van der Waals surface area contributed by atoms with Crippen molar-refractivity contribution in [2.45, 2.75) is 37.4 Å². The van der Waals surface area contributed by atoms with Crippen LogP contribution in [-0.4, -0.2) is 43.5 Å². The Morgan fingerprint density at radius 2 is 2.03 bits per heavy atom. The van der Waals surface area contributed by atoms with Crippen LogP contribution >= 0.6 is 0 Å².